The fraction of sp³-hybridized carbons (Fsp3) is 0.381. The van der Waals surface area contributed by atoms with Crippen molar-refractivity contribution < 1.29 is 17.5 Å². The number of nitrogens with zero attached hydrogens (tertiary/aromatic N) is 6. The molecule has 5 rings (SSSR count). The number of fused-ring (bicyclic) bond motifs is 2. The van der Waals surface area contributed by atoms with Gasteiger partial charge in [0.05, 0.1) is 28.2 Å². The first-order valence-electron chi connectivity index (χ1n) is 10.9. The van der Waals surface area contributed by atoms with E-state index in [1.807, 2.05) is 13.0 Å². The first kappa shape index (κ1) is 23.6. The molecular weight excluding hydrogens is 499 g/mol. The molecule has 4 aromatic rings. The van der Waals surface area contributed by atoms with Crippen molar-refractivity contribution in [2.24, 2.45) is 0 Å². The number of ether oxygens (including phenoxy) is 1. The number of aromatic amines is 1. The Bertz CT molecular complexity index is 1510. The Morgan fingerprint density at radius 3 is 2.74 bits per heavy atom. The quantitative estimate of drug-likeness (QED) is 0.367. The summed E-state index contributed by atoms with van der Waals surface area (Å²) in [6, 6.07) is 4.88. The highest BCUT2D eigenvalue weighted by atomic mass is 35.5. The molecule has 1 saturated heterocycles. The summed E-state index contributed by atoms with van der Waals surface area (Å²) in [5, 5.41) is 4.19. The predicted molar refractivity (Wildman–Crippen MR) is 128 cm³/mol. The summed E-state index contributed by atoms with van der Waals surface area (Å²) >= 11 is 6.46. The molecule has 0 amide bonds. The summed E-state index contributed by atoms with van der Waals surface area (Å²) in [7, 11) is -3.24. The molecular formula is C21H22ClFN8O3S. The number of rotatable bonds is 6. The van der Waals surface area contributed by atoms with Gasteiger partial charge in [-0.1, -0.05) is 17.7 Å². The summed E-state index contributed by atoms with van der Waals surface area (Å²) in [5.74, 6) is 1.06. The van der Waals surface area contributed by atoms with Gasteiger partial charge in [-0.15, -0.1) is 0 Å². The number of piperidine rings is 1. The highest BCUT2D eigenvalue weighted by Crippen LogP contribution is 2.33. The second-order valence-electron chi connectivity index (χ2n) is 8.31. The number of halogens is 2. The Labute approximate surface area is 205 Å². The van der Waals surface area contributed by atoms with E-state index in [0.29, 0.717) is 59.4 Å². The van der Waals surface area contributed by atoms with Crippen LogP contribution in [0.5, 0.6) is 5.88 Å². The summed E-state index contributed by atoms with van der Waals surface area (Å²) < 4.78 is 44.9. The number of nitrogens with one attached hydrogen (secondary N) is 2. The predicted octanol–water partition coefficient (Wildman–Crippen LogP) is 3.06. The van der Waals surface area contributed by atoms with E-state index in [2.05, 4.69) is 35.2 Å². The Morgan fingerprint density at radius 1 is 1.23 bits per heavy atom. The van der Waals surface area contributed by atoms with Crippen molar-refractivity contribution >= 4 is 49.5 Å². The zero-order valence-corrected chi connectivity index (χ0v) is 20.4. The van der Waals surface area contributed by atoms with Crippen molar-refractivity contribution in [3.63, 3.8) is 0 Å². The minimum atomic E-state index is -3.24. The van der Waals surface area contributed by atoms with Crippen LogP contribution in [0.2, 0.25) is 5.02 Å². The average molecular weight is 521 g/mol. The van der Waals surface area contributed by atoms with E-state index in [-0.39, 0.29) is 17.3 Å². The summed E-state index contributed by atoms with van der Waals surface area (Å²) in [6.45, 7) is 2.57. The largest absolute Gasteiger partial charge is 0.474 e. The number of benzene rings is 1. The molecule has 1 atom stereocenters. The van der Waals surface area contributed by atoms with Gasteiger partial charge in [-0.05, 0) is 31.9 Å². The van der Waals surface area contributed by atoms with Crippen molar-refractivity contribution in [3.8, 4) is 5.88 Å². The van der Waals surface area contributed by atoms with Crippen molar-refractivity contribution in [2.45, 2.75) is 31.9 Å². The molecule has 1 aliphatic rings. The van der Waals surface area contributed by atoms with E-state index in [1.165, 1.54) is 16.9 Å². The number of hydrogen-bond acceptors (Lipinski definition) is 9. The molecule has 0 radical (unpaired) electrons. The second kappa shape index (κ2) is 9.13. The molecule has 2 N–H and O–H groups in total. The number of hydrogen-bond donors (Lipinski definition) is 2. The average Bonchev–Trinajstić information content (AvgIpc) is 3.20. The topological polar surface area (TPSA) is 139 Å². The van der Waals surface area contributed by atoms with E-state index >= 15 is 0 Å². The van der Waals surface area contributed by atoms with Crippen LogP contribution < -0.4 is 10.1 Å². The maximum atomic E-state index is 13.6. The third-order valence-corrected chi connectivity index (χ3v) is 7.42. The number of aromatic nitrogens is 6. The molecule has 0 aliphatic carbocycles. The van der Waals surface area contributed by atoms with Gasteiger partial charge in [0.1, 0.15) is 12.4 Å². The maximum absolute atomic E-state index is 13.6. The second-order valence-corrected chi connectivity index (χ2v) is 10.7. The lowest BCUT2D eigenvalue weighted by molar-refractivity contribution is 0.131. The summed E-state index contributed by atoms with van der Waals surface area (Å²) in [5.41, 5.74) is 1.12. The fourth-order valence-electron chi connectivity index (χ4n) is 4.02. The van der Waals surface area contributed by atoms with Gasteiger partial charge in [0.25, 0.3) is 6.08 Å². The fourth-order valence-corrected chi connectivity index (χ4v) is 5.14. The van der Waals surface area contributed by atoms with Crippen molar-refractivity contribution in [1.82, 2.24) is 34.2 Å². The minimum Gasteiger partial charge on any atom is -0.474 e. The maximum Gasteiger partial charge on any atom is 0.288 e. The normalized spacial score (nSPS) is 16.6. The van der Waals surface area contributed by atoms with Gasteiger partial charge < -0.3 is 10.1 Å². The number of H-pyrrole nitrogens is 1. The molecule has 3 aromatic heterocycles. The van der Waals surface area contributed by atoms with Gasteiger partial charge in [0.2, 0.25) is 15.9 Å². The van der Waals surface area contributed by atoms with Crippen LogP contribution in [0.3, 0.4) is 0 Å². The van der Waals surface area contributed by atoms with Crippen LogP contribution >= 0.6 is 11.6 Å². The van der Waals surface area contributed by atoms with Crippen LogP contribution in [0.4, 0.5) is 10.2 Å². The molecule has 184 valence electrons. The van der Waals surface area contributed by atoms with Gasteiger partial charge in [-0.25, -0.2) is 27.7 Å². The smallest absolute Gasteiger partial charge is 0.288 e. The lowest BCUT2D eigenvalue weighted by atomic mass is 10.1. The Kier molecular flexibility index (Phi) is 6.15. The number of imidazole rings is 1. The molecule has 1 fully saturated rings. The van der Waals surface area contributed by atoms with Crippen LogP contribution in [-0.2, 0) is 10.0 Å². The van der Waals surface area contributed by atoms with E-state index in [9.17, 15) is 12.8 Å². The molecule has 0 spiro atoms. The monoisotopic (exact) mass is 520 g/mol. The van der Waals surface area contributed by atoms with Gasteiger partial charge >= 0.3 is 0 Å². The molecule has 14 heteroatoms. The first-order chi connectivity index (χ1) is 16.7. The molecule has 35 heavy (non-hydrogen) atoms. The lowest BCUT2D eigenvalue weighted by Gasteiger charge is -2.30. The molecule has 11 nitrogen and oxygen atoms in total. The molecule has 0 unspecified atom stereocenters. The highest BCUT2D eigenvalue weighted by Gasteiger charge is 2.27. The van der Waals surface area contributed by atoms with E-state index in [0.717, 1.165) is 0 Å². The van der Waals surface area contributed by atoms with Crippen LogP contribution in [-0.4, -0.2) is 68.1 Å². The Morgan fingerprint density at radius 2 is 2.00 bits per heavy atom. The zero-order chi connectivity index (χ0) is 24.7. The van der Waals surface area contributed by atoms with Crippen LogP contribution in [0, 0.1) is 6.08 Å². The third-order valence-electron chi connectivity index (χ3n) is 5.80. The van der Waals surface area contributed by atoms with Crippen molar-refractivity contribution in [3.05, 3.63) is 41.5 Å². The van der Waals surface area contributed by atoms with E-state index in [4.69, 9.17) is 16.3 Å². The first-order valence-corrected chi connectivity index (χ1v) is 13.1. The lowest BCUT2D eigenvalue weighted by Crippen LogP contribution is -2.41. The van der Waals surface area contributed by atoms with Crippen molar-refractivity contribution in [2.75, 3.05) is 24.7 Å². The summed E-state index contributed by atoms with van der Waals surface area (Å²) in [6.07, 6.45) is 2.56. The van der Waals surface area contributed by atoms with E-state index < -0.39 is 22.1 Å². The van der Waals surface area contributed by atoms with Crippen LogP contribution in [0.25, 0.3) is 22.1 Å². The number of anilines is 1. The molecule has 0 bridgehead atoms. The molecule has 0 saturated carbocycles. The van der Waals surface area contributed by atoms with Crippen LogP contribution in [0.15, 0.2) is 24.5 Å². The Balaban J connectivity index is 1.44. The zero-order valence-electron chi connectivity index (χ0n) is 18.9. The minimum absolute atomic E-state index is 0.230. The van der Waals surface area contributed by atoms with Gasteiger partial charge in [0, 0.05) is 13.1 Å². The SMILES string of the molecule is C[C@H](Nc1ncnc2[nH]c(F)nc12)c1nc(OC2CCN(S(C)(=O)=O)CC2)c2c(Cl)cccc2n1. The third kappa shape index (κ3) is 4.83. The highest BCUT2D eigenvalue weighted by molar-refractivity contribution is 7.88. The standard InChI is InChI=1S/C21H22ClFN8O3S/c1-11(26-18-16-19(25-10-24-18)30-21(23)28-16)17-27-14-5-3-4-13(22)15(14)20(29-17)34-12-6-8-31(9-7-12)35(2,32)33/h3-5,10-12H,6-9H2,1-2H3,(H2,24,25,26,28,30)/t11-/m0/s1. The van der Waals surface area contributed by atoms with Gasteiger partial charge in [-0.2, -0.15) is 14.4 Å². The van der Waals surface area contributed by atoms with E-state index in [1.54, 1.807) is 12.1 Å². The summed E-state index contributed by atoms with van der Waals surface area (Å²) in [4.78, 5) is 23.7. The van der Waals surface area contributed by atoms with Gasteiger partial charge in [-0.3, -0.25) is 4.98 Å². The number of sulfonamides is 1. The molecule has 4 heterocycles. The van der Waals surface area contributed by atoms with Crippen molar-refractivity contribution in [1.29, 1.82) is 0 Å². The molecule has 1 aromatic carbocycles. The molecule has 1 aliphatic heterocycles. The van der Waals surface area contributed by atoms with Gasteiger partial charge in [0.15, 0.2) is 22.8 Å². The Hall–Kier alpha value is -3.16. The van der Waals surface area contributed by atoms with Crippen LogP contribution in [0.1, 0.15) is 31.6 Å².